The Bertz CT molecular complexity index is 689. The van der Waals surface area contributed by atoms with Crippen molar-refractivity contribution in [2.75, 3.05) is 71.4 Å². The van der Waals surface area contributed by atoms with Gasteiger partial charge in [-0.3, -0.25) is 9.89 Å². The van der Waals surface area contributed by atoms with Gasteiger partial charge in [-0.15, -0.1) is 0 Å². The number of nitrogens with one attached hydrogen (secondary N) is 1. The van der Waals surface area contributed by atoms with Gasteiger partial charge >= 0.3 is 6.18 Å². The molecule has 2 aliphatic rings. The van der Waals surface area contributed by atoms with Crippen LogP contribution in [0, 0.1) is 5.92 Å². The standard InChI is InChI=1S/C20H30F3N5O/c1-24-19(25-13-16-6-7-26(14-16)15-20(21,22)23)28-10-8-27(9-11-28)17-4-3-5-18(12-17)29-2/h3-5,12,16H,6-11,13-15H2,1-2H3,(H,24,25). The lowest BCUT2D eigenvalue weighted by Crippen LogP contribution is -2.53. The fraction of sp³-hybridized carbons (Fsp3) is 0.650. The smallest absolute Gasteiger partial charge is 0.401 e. The monoisotopic (exact) mass is 413 g/mol. The quantitative estimate of drug-likeness (QED) is 0.593. The van der Waals surface area contributed by atoms with Crippen LogP contribution in [0.25, 0.3) is 0 Å². The number of ether oxygens (including phenoxy) is 1. The van der Waals surface area contributed by atoms with Crippen molar-refractivity contribution >= 4 is 11.6 Å². The van der Waals surface area contributed by atoms with E-state index in [0.29, 0.717) is 19.6 Å². The molecule has 1 aromatic rings. The van der Waals surface area contributed by atoms with E-state index in [1.165, 1.54) is 4.90 Å². The summed E-state index contributed by atoms with van der Waals surface area (Å²) >= 11 is 0. The number of nitrogens with zero attached hydrogens (tertiary/aromatic N) is 4. The van der Waals surface area contributed by atoms with E-state index in [0.717, 1.165) is 50.0 Å². The van der Waals surface area contributed by atoms with Crippen molar-refractivity contribution in [1.82, 2.24) is 15.1 Å². The topological polar surface area (TPSA) is 43.3 Å². The second-order valence-corrected chi connectivity index (χ2v) is 7.61. The van der Waals surface area contributed by atoms with Crippen LogP contribution in [0.3, 0.4) is 0 Å². The molecule has 3 rings (SSSR count). The average molecular weight is 413 g/mol. The molecule has 1 atom stereocenters. The molecule has 0 saturated carbocycles. The second kappa shape index (κ2) is 9.56. The molecule has 29 heavy (non-hydrogen) atoms. The van der Waals surface area contributed by atoms with Crippen LogP contribution in [-0.2, 0) is 0 Å². The summed E-state index contributed by atoms with van der Waals surface area (Å²) < 4.78 is 43.0. The molecule has 0 radical (unpaired) electrons. The number of rotatable bonds is 5. The molecule has 0 aromatic heterocycles. The van der Waals surface area contributed by atoms with Crippen molar-refractivity contribution in [1.29, 1.82) is 0 Å². The van der Waals surface area contributed by atoms with Gasteiger partial charge < -0.3 is 19.9 Å². The minimum atomic E-state index is -4.12. The van der Waals surface area contributed by atoms with E-state index in [2.05, 4.69) is 26.2 Å². The molecule has 9 heteroatoms. The van der Waals surface area contributed by atoms with Gasteiger partial charge in [0.25, 0.3) is 0 Å². The number of anilines is 1. The molecule has 2 saturated heterocycles. The van der Waals surface area contributed by atoms with Crippen LogP contribution in [0.5, 0.6) is 5.75 Å². The summed E-state index contributed by atoms with van der Waals surface area (Å²) in [7, 11) is 3.42. The van der Waals surface area contributed by atoms with Crippen LogP contribution in [0.1, 0.15) is 6.42 Å². The first kappa shape index (κ1) is 21.5. The Morgan fingerprint density at radius 1 is 1.21 bits per heavy atom. The van der Waals surface area contributed by atoms with E-state index in [-0.39, 0.29) is 5.92 Å². The van der Waals surface area contributed by atoms with E-state index < -0.39 is 12.7 Å². The van der Waals surface area contributed by atoms with E-state index in [4.69, 9.17) is 4.74 Å². The van der Waals surface area contributed by atoms with Crippen molar-refractivity contribution in [2.45, 2.75) is 12.6 Å². The fourth-order valence-electron chi connectivity index (χ4n) is 4.03. The molecule has 2 aliphatic heterocycles. The van der Waals surface area contributed by atoms with Crippen LogP contribution in [0.2, 0.25) is 0 Å². The van der Waals surface area contributed by atoms with Gasteiger partial charge in [-0.05, 0) is 31.0 Å². The average Bonchev–Trinajstić information content (AvgIpc) is 3.14. The van der Waals surface area contributed by atoms with Gasteiger partial charge in [0.05, 0.1) is 13.7 Å². The number of piperazine rings is 1. The first-order chi connectivity index (χ1) is 13.9. The summed E-state index contributed by atoms with van der Waals surface area (Å²) in [5.41, 5.74) is 1.14. The van der Waals surface area contributed by atoms with Crippen molar-refractivity contribution in [3.63, 3.8) is 0 Å². The van der Waals surface area contributed by atoms with E-state index >= 15 is 0 Å². The number of benzene rings is 1. The highest BCUT2D eigenvalue weighted by Crippen LogP contribution is 2.23. The highest BCUT2D eigenvalue weighted by molar-refractivity contribution is 5.80. The maximum Gasteiger partial charge on any atom is 0.401 e. The highest BCUT2D eigenvalue weighted by Gasteiger charge is 2.34. The van der Waals surface area contributed by atoms with Crippen LogP contribution < -0.4 is 15.0 Å². The summed E-state index contributed by atoms with van der Waals surface area (Å²) in [4.78, 5) is 10.4. The molecular formula is C20H30F3N5O. The van der Waals surface area contributed by atoms with E-state index in [9.17, 15) is 13.2 Å². The number of guanidine groups is 1. The van der Waals surface area contributed by atoms with E-state index in [1.807, 2.05) is 18.2 Å². The second-order valence-electron chi connectivity index (χ2n) is 7.61. The van der Waals surface area contributed by atoms with Crippen LogP contribution in [0.4, 0.5) is 18.9 Å². The molecule has 0 bridgehead atoms. The van der Waals surface area contributed by atoms with Gasteiger partial charge in [0.15, 0.2) is 5.96 Å². The molecule has 0 spiro atoms. The fourth-order valence-corrected chi connectivity index (χ4v) is 4.03. The molecular weight excluding hydrogens is 383 g/mol. The largest absolute Gasteiger partial charge is 0.497 e. The minimum absolute atomic E-state index is 0.215. The van der Waals surface area contributed by atoms with Gasteiger partial charge in [-0.25, -0.2) is 0 Å². The third kappa shape index (κ3) is 6.16. The lowest BCUT2D eigenvalue weighted by molar-refractivity contribution is -0.143. The third-order valence-corrected chi connectivity index (χ3v) is 5.53. The Balaban J connectivity index is 1.45. The Hall–Kier alpha value is -2.16. The predicted molar refractivity (Wildman–Crippen MR) is 109 cm³/mol. The van der Waals surface area contributed by atoms with Crippen LogP contribution in [0.15, 0.2) is 29.3 Å². The molecule has 162 valence electrons. The molecule has 1 N–H and O–H groups in total. The van der Waals surface area contributed by atoms with Crippen molar-refractivity contribution in [3.05, 3.63) is 24.3 Å². The first-order valence-corrected chi connectivity index (χ1v) is 10.0. The summed E-state index contributed by atoms with van der Waals surface area (Å²) in [6.07, 6.45) is -3.34. The third-order valence-electron chi connectivity index (χ3n) is 5.53. The predicted octanol–water partition coefficient (Wildman–Crippen LogP) is 2.28. The number of hydrogen-bond donors (Lipinski definition) is 1. The van der Waals surface area contributed by atoms with Crippen LogP contribution >= 0.6 is 0 Å². The lowest BCUT2D eigenvalue weighted by Gasteiger charge is -2.38. The van der Waals surface area contributed by atoms with Crippen molar-refractivity contribution in [3.8, 4) is 5.75 Å². The van der Waals surface area contributed by atoms with Gasteiger partial charge in [0.1, 0.15) is 5.75 Å². The van der Waals surface area contributed by atoms with Gasteiger partial charge in [-0.2, -0.15) is 13.2 Å². The first-order valence-electron chi connectivity index (χ1n) is 10.0. The summed E-state index contributed by atoms with van der Waals surface area (Å²) in [5, 5.41) is 3.37. The number of aliphatic imine (C=N–C) groups is 1. The maximum absolute atomic E-state index is 12.5. The molecule has 0 amide bonds. The maximum atomic E-state index is 12.5. The summed E-state index contributed by atoms with van der Waals surface area (Å²) in [5.74, 6) is 1.88. The number of alkyl halides is 3. The highest BCUT2D eigenvalue weighted by atomic mass is 19.4. The summed E-state index contributed by atoms with van der Waals surface area (Å²) in [6.45, 7) is 4.23. The molecule has 6 nitrogen and oxygen atoms in total. The number of methoxy groups -OCH3 is 1. The number of hydrogen-bond acceptors (Lipinski definition) is 4. The molecule has 2 heterocycles. The molecule has 1 aromatic carbocycles. The molecule has 0 aliphatic carbocycles. The summed E-state index contributed by atoms with van der Waals surface area (Å²) in [6, 6.07) is 8.04. The number of likely N-dealkylation sites (tertiary alicyclic amines) is 1. The number of halogens is 3. The van der Waals surface area contributed by atoms with Gasteiger partial charge in [0.2, 0.25) is 0 Å². The Morgan fingerprint density at radius 3 is 2.62 bits per heavy atom. The molecule has 2 fully saturated rings. The SMILES string of the molecule is CN=C(NCC1CCN(CC(F)(F)F)C1)N1CCN(c2cccc(OC)c2)CC1. The Labute approximate surface area is 170 Å². The lowest BCUT2D eigenvalue weighted by atomic mass is 10.1. The van der Waals surface area contributed by atoms with Gasteiger partial charge in [-0.1, -0.05) is 6.07 Å². The molecule has 1 unspecified atom stereocenters. The Morgan fingerprint density at radius 2 is 1.97 bits per heavy atom. The zero-order chi connectivity index (χ0) is 20.9. The Kier molecular flexibility index (Phi) is 7.10. The zero-order valence-corrected chi connectivity index (χ0v) is 17.1. The zero-order valence-electron chi connectivity index (χ0n) is 17.1. The van der Waals surface area contributed by atoms with E-state index in [1.54, 1.807) is 14.2 Å². The van der Waals surface area contributed by atoms with Gasteiger partial charge in [0, 0.05) is 58.1 Å². The normalized spacial score (nSPS) is 21.6. The van der Waals surface area contributed by atoms with Crippen LogP contribution in [-0.4, -0.2) is 88.5 Å². The van der Waals surface area contributed by atoms with Crippen molar-refractivity contribution < 1.29 is 17.9 Å². The minimum Gasteiger partial charge on any atom is -0.497 e. The van der Waals surface area contributed by atoms with Crippen molar-refractivity contribution in [2.24, 2.45) is 10.9 Å².